The highest BCUT2D eigenvalue weighted by Gasteiger charge is 2.08. The number of nitrogens with one attached hydrogen (secondary N) is 2. The number of amides is 2. The summed E-state index contributed by atoms with van der Waals surface area (Å²) < 4.78 is 0. The Kier molecular flexibility index (Phi) is 4.72. The van der Waals surface area contributed by atoms with Crippen LogP contribution in [0, 0.1) is 6.92 Å². The number of hydrogen-bond acceptors (Lipinski definition) is 3. The van der Waals surface area contributed by atoms with Gasteiger partial charge in [0, 0.05) is 11.4 Å². The molecule has 0 atom stereocenters. The van der Waals surface area contributed by atoms with Gasteiger partial charge in [0.25, 0.3) is 5.91 Å². The van der Waals surface area contributed by atoms with E-state index in [2.05, 4.69) is 17.2 Å². The first-order valence-corrected chi connectivity index (χ1v) is 5.67. The largest absolute Gasteiger partial charge is 0.351 e. The lowest BCUT2D eigenvalue weighted by molar-refractivity contribution is -0.119. The van der Waals surface area contributed by atoms with Gasteiger partial charge in [-0.2, -0.15) is 0 Å². The first kappa shape index (κ1) is 12.4. The second-order valence-corrected chi connectivity index (χ2v) is 4.47. The fourth-order valence-electron chi connectivity index (χ4n) is 1.05. The van der Waals surface area contributed by atoms with Gasteiger partial charge in [-0.05, 0) is 19.1 Å². The highest BCUT2D eigenvalue weighted by molar-refractivity contribution is 7.13. The van der Waals surface area contributed by atoms with Gasteiger partial charge in [-0.15, -0.1) is 17.9 Å². The van der Waals surface area contributed by atoms with Crippen molar-refractivity contribution in [2.75, 3.05) is 13.1 Å². The van der Waals surface area contributed by atoms with Crippen molar-refractivity contribution in [2.24, 2.45) is 0 Å². The first-order valence-electron chi connectivity index (χ1n) is 4.85. The average Bonchev–Trinajstić information content (AvgIpc) is 2.69. The topological polar surface area (TPSA) is 58.2 Å². The summed E-state index contributed by atoms with van der Waals surface area (Å²) >= 11 is 1.41. The van der Waals surface area contributed by atoms with Crippen LogP contribution in [0.15, 0.2) is 24.8 Å². The van der Waals surface area contributed by atoms with Crippen molar-refractivity contribution < 1.29 is 9.59 Å². The number of rotatable bonds is 5. The smallest absolute Gasteiger partial charge is 0.261 e. The standard InChI is InChI=1S/C11H14N2O2S/c1-3-6-12-10(14)7-13-11(15)9-5-4-8(2)16-9/h3-5H,1,6-7H2,2H3,(H,12,14)(H,13,15). The molecule has 86 valence electrons. The molecule has 5 heteroatoms. The Balaban J connectivity index is 2.35. The molecule has 0 bridgehead atoms. The third-order valence-electron chi connectivity index (χ3n) is 1.82. The summed E-state index contributed by atoms with van der Waals surface area (Å²) in [7, 11) is 0. The van der Waals surface area contributed by atoms with E-state index in [1.54, 1.807) is 12.1 Å². The predicted octanol–water partition coefficient (Wildman–Crippen LogP) is 1.09. The summed E-state index contributed by atoms with van der Waals surface area (Å²) in [6, 6.07) is 3.62. The maximum atomic E-state index is 11.5. The summed E-state index contributed by atoms with van der Waals surface area (Å²) in [4.78, 5) is 24.4. The molecule has 2 amide bonds. The summed E-state index contributed by atoms with van der Waals surface area (Å²) in [5, 5.41) is 5.12. The van der Waals surface area contributed by atoms with E-state index in [-0.39, 0.29) is 18.4 Å². The maximum Gasteiger partial charge on any atom is 0.261 e. The van der Waals surface area contributed by atoms with Gasteiger partial charge >= 0.3 is 0 Å². The lowest BCUT2D eigenvalue weighted by atomic mass is 10.4. The Labute approximate surface area is 98.4 Å². The quantitative estimate of drug-likeness (QED) is 0.754. The van der Waals surface area contributed by atoms with Gasteiger partial charge in [0.1, 0.15) is 0 Å². The third-order valence-corrected chi connectivity index (χ3v) is 2.82. The molecule has 0 fully saturated rings. The monoisotopic (exact) mass is 238 g/mol. The molecule has 0 saturated carbocycles. The molecule has 1 aromatic rings. The van der Waals surface area contributed by atoms with Gasteiger partial charge in [-0.1, -0.05) is 6.08 Å². The molecule has 0 unspecified atom stereocenters. The van der Waals surface area contributed by atoms with E-state index >= 15 is 0 Å². The zero-order valence-corrected chi connectivity index (χ0v) is 9.89. The molecule has 1 aromatic heterocycles. The lowest BCUT2D eigenvalue weighted by Gasteiger charge is -2.03. The second kappa shape index (κ2) is 6.07. The van der Waals surface area contributed by atoms with Gasteiger partial charge in [0.15, 0.2) is 0 Å². The SMILES string of the molecule is C=CCNC(=O)CNC(=O)c1ccc(C)s1. The van der Waals surface area contributed by atoms with Crippen molar-refractivity contribution in [3.05, 3.63) is 34.5 Å². The van der Waals surface area contributed by atoms with Crippen LogP contribution in [0.5, 0.6) is 0 Å². The van der Waals surface area contributed by atoms with Crippen LogP contribution in [0.3, 0.4) is 0 Å². The van der Waals surface area contributed by atoms with Crippen LogP contribution >= 0.6 is 11.3 Å². The first-order chi connectivity index (χ1) is 7.63. The molecule has 0 saturated heterocycles. The van der Waals surface area contributed by atoms with Gasteiger partial charge in [-0.25, -0.2) is 0 Å². The zero-order valence-electron chi connectivity index (χ0n) is 9.08. The summed E-state index contributed by atoms with van der Waals surface area (Å²) in [6.45, 7) is 5.81. The van der Waals surface area contributed by atoms with Crippen molar-refractivity contribution in [3.8, 4) is 0 Å². The molecule has 2 N–H and O–H groups in total. The van der Waals surface area contributed by atoms with Crippen molar-refractivity contribution >= 4 is 23.2 Å². The molecule has 1 rings (SSSR count). The molecule has 0 radical (unpaired) electrons. The molecule has 1 heterocycles. The van der Waals surface area contributed by atoms with E-state index in [4.69, 9.17) is 0 Å². The Morgan fingerprint density at radius 3 is 2.75 bits per heavy atom. The zero-order chi connectivity index (χ0) is 12.0. The number of hydrogen-bond donors (Lipinski definition) is 2. The fraction of sp³-hybridized carbons (Fsp3) is 0.273. The minimum atomic E-state index is -0.221. The van der Waals surface area contributed by atoms with Crippen molar-refractivity contribution in [3.63, 3.8) is 0 Å². The van der Waals surface area contributed by atoms with Crippen molar-refractivity contribution in [2.45, 2.75) is 6.92 Å². The summed E-state index contributed by atoms with van der Waals surface area (Å²) in [5.74, 6) is -0.437. The van der Waals surface area contributed by atoms with Crippen molar-refractivity contribution in [1.82, 2.24) is 10.6 Å². The molecular weight excluding hydrogens is 224 g/mol. The highest BCUT2D eigenvalue weighted by atomic mass is 32.1. The van der Waals surface area contributed by atoms with E-state index in [0.717, 1.165) is 4.88 Å². The average molecular weight is 238 g/mol. The van der Waals surface area contributed by atoms with Gasteiger partial charge in [0.05, 0.1) is 11.4 Å². The Morgan fingerprint density at radius 2 is 2.19 bits per heavy atom. The molecule has 16 heavy (non-hydrogen) atoms. The molecule has 0 aliphatic carbocycles. The predicted molar refractivity (Wildman–Crippen MR) is 64.6 cm³/mol. The number of aryl methyl sites for hydroxylation is 1. The Bertz CT molecular complexity index is 398. The highest BCUT2D eigenvalue weighted by Crippen LogP contribution is 2.14. The van der Waals surface area contributed by atoms with Crippen LogP contribution < -0.4 is 10.6 Å². The van der Waals surface area contributed by atoms with E-state index < -0.39 is 0 Å². The normalized spacial score (nSPS) is 9.56. The van der Waals surface area contributed by atoms with Gasteiger partial charge in [0.2, 0.25) is 5.91 Å². The molecule has 0 aromatic carbocycles. The van der Waals surface area contributed by atoms with Crippen LogP contribution in [-0.4, -0.2) is 24.9 Å². The maximum absolute atomic E-state index is 11.5. The molecule has 0 aliphatic heterocycles. The van der Waals surface area contributed by atoms with Crippen LogP contribution in [0.2, 0.25) is 0 Å². The van der Waals surface area contributed by atoms with Crippen LogP contribution in [0.25, 0.3) is 0 Å². The molecule has 4 nitrogen and oxygen atoms in total. The molecular formula is C11H14N2O2S. The van der Waals surface area contributed by atoms with Crippen LogP contribution in [0.4, 0.5) is 0 Å². The Hall–Kier alpha value is -1.62. The fourth-order valence-corrected chi connectivity index (χ4v) is 1.84. The van der Waals surface area contributed by atoms with Crippen LogP contribution in [-0.2, 0) is 4.79 Å². The molecule has 0 aliphatic rings. The van der Waals surface area contributed by atoms with Crippen LogP contribution in [0.1, 0.15) is 14.5 Å². The van der Waals surface area contributed by atoms with E-state index in [0.29, 0.717) is 11.4 Å². The second-order valence-electron chi connectivity index (χ2n) is 3.19. The number of carbonyl (C=O) groups excluding carboxylic acids is 2. The van der Waals surface area contributed by atoms with E-state index in [1.807, 2.05) is 13.0 Å². The number of carbonyl (C=O) groups is 2. The van der Waals surface area contributed by atoms with Gasteiger partial charge < -0.3 is 10.6 Å². The summed E-state index contributed by atoms with van der Waals surface area (Å²) in [5.41, 5.74) is 0. The Morgan fingerprint density at radius 1 is 1.44 bits per heavy atom. The van der Waals surface area contributed by atoms with Crippen molar-refractivity contribution in [1.29, 1.82) is 0 Å². The van der Waals surface area contributed by atoms with E-state index in [1.165, 1.54) is 11.3 Å². The number of thiophene rings is 1. The minimum absolute atomic E-state index is 0.0103. The molecule has 0 spiro atoms. The lowest BCUT2D eigenvalue weighted by Crippen LogP contribution is -2.36. The minimum Gasteiger partial charge on any atom is -0.351 e. The van der Waals surface area contributed by atoms with Gasteiger partial charge in [-0.3, -0.25) is 9.59 Å². The van der Waals surface area contributed by atoms with E-state index in [9.17, 15) is 9.59 Å². The third kappa shape index (κ3) is 3.86. The summed E-state index contributed by atoms with van der Waals surface area (Å²) in [6.07, 6.45) is 1.59.